The van der Waals surface area contributed by atoms with E-state index in [2.05, 4.69) is 240 Å². The van der Waals surface area contributed by atoms with Crippen LogP contribution in [0.1, 0.15) is 22.3 Å². The van der Waals surface area contributed by atoms with Gasteiger partial charge in [0.05, 0.1) is 27.5 Å². The molecule has 0 spiro atoms. The zero-order chi connectivity index (χ0) is 40.1. The van der Waals surface area contributed by atoms with Crippen LogP contribution in [0.5, 0.6) is 0 Å². The molecule has 0 saturated carbocycles. The van der Waals surface area contributed by atoms with Gasteiger partial charge in [-0.15, -0.1) is 0 Å². The smallest absolute Gasteiger partial charge is 0.0720 e. The van der Waals surface area contributed by atoms with Crippen LogP contribution in [0.15, 0.2) is 231 Å². The van der Waals surface area contributed by atoms with Crippen molar-refractivity contribution in [3.05, 3.63) is 253 Å². The van der Waals surface area contributed by atoms with Crippen molar-refractivity contribution in [3.63, 3.8) is 0 Å². The lowest BCUT2D eigenvalue weighted by atomic mass is 9.67. The molecule has 0 saturated heterocycles. The van der Waals surface area contributed by atoms with Crippen LogP contribution >= 0.6 is 0 Å². The summed E-state index contributed by atoms with van der Waals surface area (Å²) in [4.78, 5) is 0. The van der Waals surface area contributed by atoms with E-state index >= 15 is 0 Å². The Labute approximate surface area is 353 Å². The van der Waals surface area contributed by atoms with Gasteiger partial charge in [-0.1, -0.05) is 170 Å². The first-order chi connectivity index (χ1) is 30.3. The molecule has 0 unspecified atom stereocenters. The minimum Gasteiger partial charge on any atom is -0.309 e. The molecule has 0 radical (unpaired) electrons. The molecule has 12 aromatic rings. The molecule has 0 fully saturated rings. The van der Waals surface area contributed by atoms with Crippen LogP contribution < -0.4 is 0 Å². The molecule has 0 N–H and O–H groups in total. The summed E-state index contributed by atoms with van der Waals surface area (Å²) in [6.07, 6.45) is 0. The molecule has 0 atom stereocenters. The van der Waals surface area contributed by atoms with E-state index in [1.165, 1.54) is 105 Å². The van der Waals surface area contributed by atoms with Crippen molar-refractivity contribution in [1.82, 2.24) is 9.13 Å². The van der Waals surface area contributed by atoms with Gasteiger partial charge in [0.25, 0.3) is 0 Å². The Bertz CT molecular complexity index is 3650. The van der Waals surface area contributed by atoms with Crippen molar-refractivity contribution in [2.75, 3.05) is 0 Å². The normalized spacial score (nSPS) is 13.0. The molecule has 0 amide bonds. The van der Waals surface area contributed by atoms with Crippen molar-refractivity contribution in [1.29, 1.82) is 0 Å². The number of nitrogens with zero attached hydrogens (tertiary/aromatic N) is 2. The molecule has 0 aliphatic heterocycles. The summed E-state index contributed by atoms with van der Waals surface area (Å²) in [5.74, 6) is 0. The van der Waals surface area contributed by atoms with E-state index in [1.54, 1.807) is 0 Å². The van der Waals surface area contributed by atoms with Gasteiger partial charge in [0.2, 0.25) is 0 Å². The average Bonchev–Trinajstić information content (AvgIpc) is 3.96. The Morgan fingerprint density at radius 1 is 0.311 bits per heavy atom. The van der Waals surface area contributed by atoms with E-state index in [0.717, 1.165) is 5.69 Å². The molecule has 10 aromatic carbocycles. The van der Waals surface area contributed by atoms with Gasteiger partial charge < -0.3 is 9.13 Å². The first-order valence-corrected chi connectivity index (χ1v) is 21.2. The lowest BCUT2D eigenvalue weighted by Crippen LogP contribution is -2.28. The Hall–Kier alpha value is -7.94. The summed E-state index contributed by atoms with van der Waals surface area (Å²) in [5.41, 5.74) is 16.7. The molecule has 2 aromatic heterocycles. The van der Waals surface area contributed by atoms with E-state index in [9.17, 15) is 0 Å². The third kappa shape index (κ3) is 4.79. The summed E-state index contributed by atoms with van der Waals surface area (Å²) in [6, 6.07) is 85.5. The first kappa shape index (κ1) is 34.0. The van der Waals surface area contributed by atoms with Crippen LogP contribution in [0.2, 0.25) is 0 Å². The summed E-state index contributed by atoms with van der Waals surface area (Å²) in [5, 5.41) is 7.50. The molecular weight excluding hydrogens is 737 g/mol. The van der Waals surface area contributed by atoms with Gasteiger partial charge in [-0.25, -0.2) is 0 Å². The summed E-state index contributed by atoms with van der Waals surface area (Å²) < 4.78 is 4.89. The second kappa shape index (κ2) is 13.0. The summed E-state index contributed by atoms with van der Waals surface area (Å²) in [6.45, 7) is 0. The highest BCUT2D eigenvalue weighted by atomic mass is 15.0. The van der Waals surface area contributed by atoms with Gasteiger partial charge in [0.15, 0.2) is 0 Å². The SMILES string of the molecule is c1ccc(-n2c3ccccc3c3cc(-c4ccc5c(c4)c4c6c(ccc4n5-c4ccc5ccccc5c4)-c4ccccc4C6(c4ccccc4)c4ccccc4)ccc32)cc1. The fourth-order valence-corrected chi connectivity index (χ4v) is 10.8. The zero-order valence-corrected chi connectivity index (χ0v) is 33.3. The molecule has 0 bridgehead atoms. The van der Waals surface area contributed by atoms with Crippen molar-refractivity contribution < 1.29 is 0 Å². The number of aromatic nitrogens is 2. The third-order valence-corrected chi connectivity index (χ3v) is 13.4. The zero-order valence-electron chi connectivity index (χ0n) is 33.3. The fourth-order valence-electron chi connectivity index (χ4n) is 10.8. The topological polar surface area (TPSA) is 9.86 Å². The second-order valence-electron chi connectivity index (χ2n) is 16.4. The van der Waals surface area contributed by atoms with E-state index in [1.807, 2.05) is 0 Å². The Morgan fingerprint density at radius 3 is 1.62 bits per heavy atom. The van der Waals surface area contributed by atoms with E-state index in [4.69, 9.17) is 0 Å². The summed E-state index contributed by atoms with van der Waals surface area (Å²) in [7, 11) is 0. The van der Waals surface area contributed by atoms with Crippen LogP contribution in [0, 0.1) is 0 Å². The lowest BCUT2D eigenvalue weighted by molar-refractivity contribution is 0.776. The highest BCUT2D eigenvalue weighted by Gasteiger charge is 2.47. The molecule has 2 nitrogen and oxygen atoms in total. The Morgan fingerprint density at radius 2 is 0.869 bits per heavy atom. The maximum atomic E-state index is 2.50. The number of hydrogen-bond acceptors (Lipinski definition) is 0. The Kier molecular flexibility index (Phi) is 7.26. The van der Waals surface area contributed by atoms with Crippen molar-refractivity contribution in [2.24, 2.45) is 0 Å². The van der Waals surface area contributed by atoms with Crippen LogP contribution in [0.25, 0.3) is 88.0 Å². The van der Waals surface area contributed by atoms with Crippen LogP contribution in [0.3, 0.4) is 0 Å². The van der Waals surface area contributed by atoms with Crippen molar-refractivity contribution in [2.45, 2.75) is 5.41 Å². The van der Waals surface area contributed by atoms with Gasteiger partial charge in [-0.05, 0) is 116 Å². The number of para-hydroxylation sites is 2. The minimum atomic E-state index is -0.551. The molecule has 2 heterocycles. The highest BCUT2D eigenvalue weighted by molar-refractivity contribution is 6.17. The van der Waals surface area contributed by atoms with Crippen LogP contribution in [0.4, 0.5) is 0 Å². The van der Waals surface area contributed by atoms with Crippen molar-refractivity contribution in [3.8, 4) is 33.6 Å². The number of benzene rings is 10. The Balaban J connectivity index is 1.15. The monoisotopic (exact) mass is 774 g/mol. The minimum absolute atomic E-state index is 0.551. The molecular formula is C59H38N2. The number of rotatable bonds is 5. The molecule has 1 aliphatic carbocycles. The van der Waals surface area contributed by atoms with Gasteiger partial charge in [0, 0.05) is 32.9 Å². The van der Waals surface area contributed by atoms with E-state index in [0.29, 0.717) is 0 Å². The predicted molar refractivity (Wildman–Crippen MR) is 255 cm³/mol. The molecule has 1 aliphatic rings. The molecule has 13 rings (SSSR count). The van der Waals surface area contributed by atoms with Crippen LogP contribution in [-0.2, 0) is 5.41 Å². The van der Waals surface area contributed by atoms with Gasteiger partial charge in [0.1, 0.15) is 0 Å². The summed E-state index contributed by atoms with van der Waals surface area (Å²) >= 11 is 0. The second-order valence-corrected chi connectivity index (χ2v) is 16.4. The van der Waals surface area contributed by atoms with E-state index in [-0.39, 0.29) is 0 Å². The van der Waals surface area contributed by atoms with Crippen LogP contribution in [-0.4, -0.2) is 9.13 Å². The first-order valence-electron chi connectivity index (χ1n) is 21.2. The lowest BCUT2D eigenvalue weighted by Gasteiger charge is -2.34. The van der Waals surface area contributed by atoms with Crippen molar-refractivity contribution >= 4 is 54.4 Å². The highest BCUT2D eigenvalue weighted by Crippen LogP contribution is 2.59. The predicted octanol–water partition coefficient (Wildman–Crippen LogP) is 15.1. The van der Waals surface area contributed by atoms with Gasteiger partial charge >= 0.3 is 0 Å². The largest absolute Gasteiger partial charge is 0.309 e. The molecule has 284 valence electrons. The number of fused-ring (bicyclic) bond motifs is 11. The van der Waals surface area contributed by atoms with E-state index < -0.39 is 5.41 Å². The maximum Gasteiger partial charge on any atom is 0.0720 e. The number of hydrogen-bond donors (Lipinski definition) is 0. The molecule has 2 heteroatoms. The maximum absolute atomic E-state index is 2.50. The fraction of sp³-hybridized carbons (Fsp3) is 0.0169. The molecule has 61 heavy (non-hydrogen) atoms. The third-order valence-electron chi connectivity index (χ3n) is 13.4. The van der Waals surface area contributed by atoms with Gasteiger partial charge in [-0.3, -0.25) is 0 Å². The van der Waals surface area contributed by atoms with Gasteiger partial charge in [-0.2, -0.15) is 0 Å². The quantitative estimate of drug-likeness (QED) is 0.165. The standard InChI is InChI=1S/C59H38N2/c1-4-18-43(19-5-1)59(44-20-6-2-7-21-44)52-26-14-12-24-47(52)49-32-35-56-57(58(49)59)51-38-42(30-34-55(51)61(56)46-31-28-39-16-10-11-17-40(39)36-46)41-29-33-54-50(37-41)48-25-13-15-27-53(48)60(54)45-22-8-3-9-23-45/h1-38H. The average molecular weight is 775 g/mol.